The molecule has 1 N–H and O–H groups in total. The lowest BCUT2D eigenvalue weighted by Crippen LogP contribution is -2.30. The molecule has 1 atom stereocenters. The van der Waals surface area contributed by atoms with E-state index >= 15 is 0 Å². The molecular formula is C16H16ClNO4S. The Morgan fingerprint density at radius 1 is 1.30 bits per heavy atom. The highest BCUT2D eigenvalue weighted by Gasteiger charge is 2.20. The van der Waals surface area contributed by atoms with Gasteiger partial charge in [0.25, 0.3) is 5.91 Å². The van der Waals surface area contributed by atoms with Gasteiger partial charge in [0.2, 0.25) is 0 Å². The summed E-state index contributed by atoms with van der Waals surface area (Å²) in [6.07, 6.45) is -0.736. The van der Waals surface area contributed by atoms with Gasteiger partial charge in [0.15, 0.2) is 6.10 Å². The predicted molar refractivity (Wildman–Crippen MR) is 90.6 cm³/mol. The number of ether oxygens (including phenoxy) is 2. The van der Waals surface area contributed by atoms with Gasteiger partial charge < -0.3 is 14.8 Å². The molecule has 2 rings (SSSR count). The largest absolute Gasteiger partial charge is 0.481 e. The number of carbonyl (C=O) groups excluding carboxylic acids is 2. The SMILES string of the molecule is COC(=O)c1sccc1NC(=O)[C@@H](C)Oc1ccc(Cl)cc1C. The quantitative estimate of drug-likeness (QED) is 0.828. The molecule has 5 nitrogen and oxygen atoms in total. The molecule has 0 aliphatic heterocycles. The van der Waals surface area contributed by atoms with Crippen molar-refractivity contribution in [3.05, 3.63) is 45.1 Å². The highest BCUT2D eigenvalue weighted by molar-refractivity contribution is 7.12. The molecule has 0 radical (unpaired) electrons. The number of halogens is 1. The van der Waals surface area contributed by atoms with Crippen molar-refractivity contribution in [2.24, 2.45) is 0 Å². The first-order valence-corrected chi connectivity index (χ1v) is 8.07. The normalized spacial score (nSPS) is 11.7. The number of esters is 1. The van der Waals surface area contributed by atoms with Crippen molar-refractivity contribution in [3.63, 3.8) is 0 Å². The zero-order chi connectivity index (χ0) is 17.0. The second kappa shape index (κ2) is 7.48. The molecule has 0 aliphatic carbocycles. The van der Waals surface area contributed by atoms with Gasteiger partial charge in [-0.1, -0.05) is 11.6 Å². The van der Waals surface area contributed by atoms with E-state index < -0.39 is 12.1 Å². The Labute approximate surface area is 143 Å². The molecule has 122 valence electrons. The van der Waals surface area contributed by atoms with E-state index in [1.165, 1.54) is 18.4 Å². The Hall–Kier alpha value is -2.05. The van der Waals surface area contributed by atoms with Crippen LogP contribution in [-0.4, -0.2) is 25.1 Å². The van der Waals surface area contributed by atoms with Crippen molar-refractivity contribution >= 4 is 40.5 Å². The van der Waals surface area contributed by atoms with Gasteiger partial charge in [-0.25, -0.2) is 4.79 Å². The van der Waals surface area contributed by atoms with Crippen LogP contribution in [0.1, 0.15) is 22.2 Å². The van der Waals surface area contributed by atoms with Crippen molar-refractivity contribution < 1.29 is 19.1 Å². The molecule has 0 bridgehead atoms. The van der Waals surface area contributed by atoms with Gasteiger partial charge in [-0.05, 0) is 49.1 Å². The van der Waals surface area contributed by atoms with Crippen LogP contribution in [0.2, 0.25) is 5.02 Å². The molecule has 7 heteroatoms. The average Bonchev–Trinajstić information content (AvgIpc) is 2.97. The second-order valence-electron chi connectivity index (χ2n) is 4.81. The van der Waals surface area contributed by atoms with E-state index in [1.54, 1.807) is 36.6 Å². The summed E-state index contributed by atoms with van der Waals surface area (Å²) in [5.74, 6) is -0.268. The number of carbonyl (C=O) groups is 2. The number of nitrogens with one attached hydrogen (secondary N) is 1. The molecule has 1 aromatic carbocycles. The number of anilines is 1. The van der Waals surface area contributed by atoms with Crippen LogP contribution in [-0.2, 0) is 9.53 Å². The molecule has 0 saturated heterocycles. The van der Waals surface area contributed by atoms with E-state index in [9.17, 15) is 9.59 Å². The molecule has 2 aromatic rings. The van der Waals surface area contributed by atoms with Crippen molar-refractivity contribution in [1.29, 1.82) is 0 Å². The molecule has 0 saturated carbocycles. The van der Waals surface area contributed by atoms with E-state index in [-0.39, 0.29) is 5.91 Å². The highest BCUT2D eigenvalue weighted by atomic mass is 35.5. The Morgan fingerprint density at radius 2 is 2.04 bits per heavy atom. The minimum atomic E-state index is -0.736. The number of hydrogen-bond donors (Lipinski definition) is 1. The summed E-state index contributed by atoms with van der Waals surface area (Å²) in [6.45, 7) is 3.48. The molecular weight excluding hydrogens is 338 g/mol. The average molecular weight is 354 g/mol. The third kappa shape index (κ3) is 4.24. The maximum atomic E-state index is 12.2. The van der Waals surface area contributed by atoms with E-state index in [2.05, 4.69) is 10.1 Å². The van der Waals surface area contributed by atoms with Crippen LogP contribution in [0, 0.1) is 6.92 Å². The van der Waals surface area contributed by atoms with Crippen molar-refractivity contribution in [1.82, 2.24) is 0 Å². The molecule has 1 heterocycles. The van der Waals surface area contributed by atoms with E-state index in [4.69, 9.17) is 16.3 Å². The summed E-state index contributed by atoms with van der Waals surface area (Å²) in [4.78, 5) is 24.2. The molecule has 0 aliphatic rings. The third-order valence-corrected chi connectivity index (χ3v) is 4.23. The first-order chi connectivity index (χ1) is 10.9. The van der Waals surface area contributed by atoms with E-state index in [0.29, 0.717) is 21.3 Å². The summed E-state index contributed by atoms with van der Waals surface area (Å²) in [5.41, 5.74) is 1.25. The monoisotopic (exact) mass is 353 g/mol. The van der Waals surface area contributed by atoms with Crippen LogP contribution < -0.4 is 10.1 Å². The summed E-state index contributed by atoms with van der Waals surface area (Å²) < 4.78 is 10.3. The molecule has 1 amide bonds. The first kappa shape index (κ1) is 17.3. The zero-order valence-corrected chi connectivity index (χ0v) is 14.5. The van der Waals surface area contributed by atoms with Gasteiger partial charge in [0.05, 0.1) is 12.8 Å². The summed E-state index contributed by atoms with van der Waals surface area (Å²) >= 11 is 7.09. The number of methoxy groups -OCH3 is 1. The highest BCUT2D eigenvalue weighted by Crippen LogP contribution is 2.25. The van der Waals surface area contributed by atoms with Gasteiger partial charge in [-0.3, -0.25) is 4.79 Å². The van der Waals surface area contributed by atoms with Gasteiger partial charge in [-0.15, -0.1) is 11.3 Å². The number of thiophene rings is 1. The van der Waals surface area contributed by atoms with Crippen LogP contribution in [0.4, 0.5) is 5.69 Å². The van der Waals surface area contributed by atoms with Crippen LogP contribution in [0.25, 0.3) is 0 Å². The fraction of sp³-hybridized carbons (Fsp3) is 0.250. The number of rotatable bonds is 5. The van der Waals surface area contributed by atoms with E-state index in [0.717, 1.165) is 5.56 Å². The lowest BCUT2D eigenvalue weighted by Gasteiger charge is -2.16. The van der Waals surface area contributed by atoms with Crippen LogP contribution >= 0.6 is 22.9 Å². The number of hydrogen-bond acceptors (Lipinski definition) is 5. The Kier molecular flexibility index (Phi) is 5.63. The Morgan fingerprint density at radius 3 is 2.70 bits per heavy atom. The smallest absolute Gasteiger partial charge is 0.350 e. The third-order valence-electron chi connectivity index (χ3n) is 3.10. The number of benzene rings is 1. The van der Waals surface area contributed by atoms with Crippen molar-refractivity contribution in [2.75, 3.05) is 12.4 Å². The number of aryl methyl sites for hydroxylation is 1. The topological polar surface area (TPSA) is 64.6 Å². The van der Waals surface area contributed by atoms with E-state index in [1.807, 2.05) is 6.92 Å². The minimum absolute atomic E-state index is 0.343. The Balaban J connectivity index is 2.06. The van der Waals surface area contributed by atoms with Crippen LogP contribution in [0.3, 0.4) is 0 Å². The molecule has 0 fully saturated rings. The van der Waals surface area contributed by atoms with Crippen molar-refractivity contribution in [3.8, 4) is 5.75 Å². The fourth-order valence-corrected chi connectivity index (χ4v) is 2.87. The lowest BCUT2D eigenvalue weighted by atomic mass is 10.2. The summed E-state index contributed by atoms with van der Waals surface area (Å²) in [5, 5.41) is 4.99. The van der Waals surface area contributed by atoms with Gasteiger partial charge in [-0.2, -0.15) is 0 Å². The van der Waals surface area contributed by atoms with Gasteiger partial charge >= 0.3 is 5.97 Å². The summed E-state index contributed by atoms with van der Waals surface area (Å²) in [6, 6.07) is 6.82. The molecule has 0 unspecified atom stereocenters. The van der Waals surface area contributed by atoms with Crippen molar-refractivity contribution in [2.45, 2.75) is 20.0 Å². The lowest BCUT2D eigenvalue weighted by molar-refractivity contribution is -0.122. The fourth-order valence-electron chi connectivity index (χ4n) is 1.88. The minimum Gasteiger partial charge on any atom is -0.481 e. The number of amides is 1. The maximum absolute atomic E-state index is 12.2. The van der Waals surface area contributed by atoms with Crippen LogP contribution in [0.5, 0.6) is 5.75 Å². The first-order valence-electron chi connectivity index (χ1n) is 6.82. The molecule has 1 aromatic heterocycles. The van der Waals surface area contributed by atoms with Crippen LogP contribution in [0.15, 0.2) is 29.6 Å². The summed E-state index contributed by atoms with van der Waals surface area (Å²) in [7, 11) is 1.29. The molecule has 23 heavy (non-hydrogen) atoms. The Bertz CT molecular complexity index is 729. The maximum Gasteiger partial charge on any atom is 0.350 e. The second-order valence-corrected chi connectivity index (χ2v) is 6.17. The van der Waals surface area contributed by atoms with Gasteiger partial charge in [0, 0.05) is 5.02 Å². The zero-order valence-electron chi connectivity index (χ0n) is 12.9. The standard InChI is InChI=1S/C16H16ClNO4S/c1-9-8-11(17)4-5-13(9)22-10(2)15(19)18-12-6-7-23-14(12)16(20)21-3/h4-8,10H,1-3H3,(H,18,19)/t10-/m1/s1. The molecule has 0 spiro atoms. The predicted octanol–water partition coefficient (Wildman–Crippen LogP) is 3.90. The van der Waals surface area contributed by atoms with Gasteiger partial charge in [0.1, 0.15) is 10.6 Å².